The molecule has 2 aromatic rings. The minimum Gasteiger partial charge on any atom is -1.00 e. The second-order valence-electron chi connectivity index (χ2n) is 7.22. The van der Waals surface area contributed by atoms with Crippen LogP contribution in [0.1, 0.15) is 56.2 Å². The van der Waals surface area contributed by atoms with E-state index in [1.54, 1.807) is 0 Å². The minimum atomic E-state index is 0. The Bertz CT molecular complexity index is 783. The second-order valence-corrected chi connectivity index (χ2v) is 8.46. The van der Waals surface area contributed by atoms with E-state index in [2.05, 4.69) is 19.1 Å². The van der Waals surface area contributed by atoms with Crippen molar-refractivity contribution in [1.29, 1.82) is 0 Å². The Labute approximate surface area is 178 Å². The summed E-state index contributed by atoms with van der Waals surface area (Å²) in [5, 5.41) is 0.916. The predicted octanol–water partition coefficient (Wildman–Crippen LogP) is 2.45. The van der Waals surface area contributed by atoms with Crippen LogP contribution in [0.4, 0.5) is 0 Å². The number of ether oxygens (including phenoxy) is 2. The van der Waals surface area contributed by atoms with Crippen LogP contribution >= 0.6 is 8.58 Å². The molecule has 5 heteroatoms. The summed E-state index contributed by atoms with van der Waals surface area (Å²) in [5.74, 6) is 1.49. The Hall–Kier alpha value is -1.26. The molecule has 3 nitrogen and oxygen atoms in total. The van der Waals surface area contributed by atoms with Crippen molar-refractivity contribution in [2.75, 3.05) is 0 Å². The Morgan fingerprint density at radius 3 is 2.00 bits per heavy atom. The Kier molecular flexibility index (Phi) is 9.09. The molecule has 0 fully saturated rings. The number of rotatable bonds is 7. The van der Waals surface area contributed by atoms with Crippen LogP contribution < -0.4 is 33.6 Å². The summed E-state index contributed by atoms with van der Waals surface area (Å²) >= 11 is 0. The van der Waals surface area contributed by atoms with Gasteiger partial charge >= 0.3 is 18.9 Å². The number of carbonyl (C=O) groups excluding carboxylic acids is 1. The van der Waals surface area contributed by atoms with Crippen molar-refractivity contribution < 1.29 is 34.6 Å². The topological polar surface area (TPSA) is 35.5 Å². The summed E-state index contributed by atoms with van der Waals surface area (Å²) in [6.45, 7) is 14.0. The van der Waals surface area contributed by atoms with Crippen LogP contribution in [0.25, 0.3) is 0 Å². The first-order chi connectivity index (χ1) is 12.2. The molecule has 1 atom stereocenters. The van der Waals surface area contributed by atoms with Gasteiger partial charge in [-0.25, -0.2) is 0 Å². The molecule has 0 aliphatic heterocycles. The van der Waals surface area contributed by atoms with Gasteiger partial charge in [0.15, 0.2) is 5.52 Å². The molecule has 142 valence electrons. The number of aryl methyl sites for hydroxylation is 3. The molecule has 0 aromatic heterocycles. The molecule has 0 bridgehead atoms. The van der Waals surface area contributed by atoms with Gasteiger partial charge in [0, 0.05) is 16.9 Å². The fraction of sp³-hybridized carbons (Fsp3) is 0.409. The van der Waals surface area contributed by atoms with Crippen LogP contribution in [0.2, 0.25) is 0 Å². The summed E-state index contributed by atoms with van der Waals surface area (Å²) in [6.07, 6.45) is 0.125. The van der Waals surface area contributed by atoms with Gasteiger partial charge in [-0.1, -0.05) is 17.7 Å². The Morgan fingerprint density at radius 1 is 0.926 bits per heavy atom. The third kappa shape index (κ3) is 6.69. The first-order valence-corrected chi connectivity index (χ1v) is 10.0. The van der Waals surface area contributed by atoms with Crippen LogP contribution in [-0.4, -0.2) is 17.7 Å². The largest absolute Gasteiger partial charge is 1.00 e. The van der Waals surface area contributed by atoms with E-state index in [1.807, 2.05) is 59.7 Å². The summed E-state index contributed by atoms with van der Waals surface area (Å²) in [7, 11) is 0.0164. The number of benzene rings is 2. The smallest absolute Gasteiger partial charge is 1.00 e. The van der Waals surface area contributed by atoms with Gasteiger partial charge in [0.2, 0.25) is 0 Å². The normalized spacial score (nSPS) is 11.1. The molecule has 1 unspecified atom stereocenters. The van der Waals surface area contributed by atoms with Crippen LogP contribution in [0.15, 0.2) is 30.3 Å². The third-order valence-electron chi connectivity index (χ3n) is 3.84. The zero-order valence-corrected chi connectivity index (χ0v) is 18.8. The van der Waals surface area contributed by atoms with E-state index < -0.39 is 0 Å². The van der Waals surface area contributed by atoms with Gasteiger partial charge in [-0.3, -0.25) is 4.79 Å². The van der Waals surface area contributed by atoms with E-state index in [4.69, 9.17) is 9.47 Å². The SMILES string of the molecule is Cc1cc(C)c(C(=O)Pc2ccc(OC(C)C)cc2OC(C)C)c(C)c1.[H-].[Li+]. The molecule has 2 rings (SSSR count). The molecule has 0 spiro atoms. The van der Waals surface area contributed by atoms with E-state index in [-0.39, 0.29) is 46.6 Å². The molecule has 0 heterocycles. The van der Waals surface area contributed by atoms with Gasteiger partial charge in [-0.05, 0) is 80.3 Å². The van der Waals surface area contributed by atoms with Gasteiger partial charge in [-0.2, -0.15) is 0 Å². The van der Waals surface area contributed by atoms with Crippen molar-refractivity contribution in [2.45, 2.75) is 60.7 Å². The summed E-state index contributed by atoms with van der Waals surface area (Å²) in [6, 6.07) is 9.89. The van der Waals surface area contributed by atoms with E-state index in [1.165, 1.54) is 5.56 Å². The molecular weight excluding hydrogens is 350 g/mol. The third-order valence-corrected chi connectivity index (χ3v) is 5.00. The van der Waals surface area contributed by atoms with Crippen molar-refractivity contribution in [3.63, 3.8) is 0 Å². The maximum absolute atomic E-state index is 13.0. The molecule has 0 saturated heterocycles. The molecule has 0 aliphatic carbocycles. The van der Waals surface area contributed by atoms with Crippen molar-refractivity contribution >= 4 is 19.4 Å². The van der Waals surface area contributed by atoms with Gasteiger partial charge in [0.1, 0.15) is 11.5 Å². The number of hydrogen-bond donors (Lipinski definition) is 0. The number of carbonyl (C=O) groups is 1. The molecule has 0 N–H and O–H groups in total. The zero-order valence-electron chi connectivity index (χ0n) is 18.8. The van der Waals surface area contributed by atoms with Gasteiger partial charge < -0.3 is 10.9 Å². The monoisotopic (exact) mass is 380 g/mol. The van der Waals surface area contributed by atoms with Gasteiger partial charge in [0.05, 0.1) is 12.2 Å². The average Bonchev–Trinajstić information content (AvgIpc) is 2.47. The van der Waals surface area contributed by atoms with Crippen LogP contribution in [0, 0.1) is 20.8 Å². The van der Waals surface area contributed by atoms with Crippen molar-refractivity contribution in [2.24, 2.45) is 0 Å². The van der Waals surface area contributed by atoms with Gasteiger partial charge in [-0.15, -0.1) is 0 Å². The van der Waals surface area contributed by atoms with Crippen molar-refractivity contribution in [3.8, 4) is 11.5 Å². The second kappa shape index (κ2) is 10.3. The maximum atomic E-state index is 13.0. The molecule has 27 heavy (non-hydrogen) atoms. The summed E-state index contributed by atoms with van der Waals surface area (Å²) in [5.41, 5.74) is 4.22. The standard InChI is InChI=1S/C22H29O3P.Li.H/c1-13(2)24-18-8-9-20(19(12-18)25-14(3)4)26-22(23)21-16(6)10-15(5)11-17(21)7;;/h8-14,26H,1-7H3;;/q;+1;-1. The molecule has 2 aromatic carbocycles. The van der Waals surface area contributed by atoms with E-state index in [0.717, 1.165) is 33.5 Å². The van der Waals surface area contributed by atoms with Crippen LogP contribution in [0.5, 0.6) is 11.5 Å². The summed E-state index contributed by atoms with van der Waals surface area (Å²) < 4.78 is 11.7. The number of hydrogen-bond acceptors (Lipinski definition) is 3. The molecule has 0 amide bonds. The van der Waals surface area contributed by atoms with E-state index in [0.29, 0.717) is 0 Å². The molecule has 0 saturated carbocycles. The average molecular weight is 380 g/mol. The first-order valence-electron chi connectivity index (χ1n) is 9.04. The maximum Gasteiger partial charge on any atom is 1.00 e. The van der Waals surface area contributed by atoms with Crippen LogP contribution in [0.3, 0.4) is 0 Å². The van der Waals surface area contributed by atoms with Crippen molar-refractivity contribution in [3.05, 3.63) is 52.6 Å². The van der Waals surface area contributed by atoms with E-state index in [9.17, 15) is 4.79 Å². The molecule has 0 radical (unpaired) electrons. The predicted molar refractivity (Wildman–Crippen MR) is 112 cm³/mol. The Morgan fingerprint density at radius 2 is 1.48 bits per heavy atom. The molecule has 0 aliphatic rings. The fourth-order valence-electron chi connectivity index (χ4n) is 3.03. The minimum absolute atomic E-state index is 0. The quantitative estimate of drug-likeness (QED) is 0.547. The van der Waals surface area contributed by atoms with E-state index >= 15 is 0 Å². The Balaban J connectivity index is 0.00000364. The fourth-order valence-corrected chi connectivity index (χ4v) is 4.21. The summed E-state index contributed by atoms with van der Waals surface area (Å²) in [4.78, 5) is 13.0. The molecular formula is C22H30LiO3P. The van der Waals surface area contributed by atoms with Crippen molar-refractivity contribution in [1.82, 2.24) is 0 Å². The van der Waals surface area contributed by atoms with Gasteiger partial charge in [0.25, 0.3) is 0 Å². The van der Waals surface area contributed by atoms with Crippen LogP contribution in [-0.2, 0) is 0 Å². The zero-order chi connectivity index (χ0) is 19.4. The first kappa shape index (κ1) is 23.8.